The van der Waals surface area contributed by atoms with E-state index in [0.717, 1.165) is 12.0 Å². The van der Waals surface area contributed by atoms with Crippen LogP contribution < -0.4 is 5.32 Å². The minimum absolute atomic E-state index is 0.404. The van der Waals surface area contributed by atoms with Crippen LogP contribution in [0, 0.1) is 12.3 Å². The van der Waals surface area contributed by atoms with Gasteiger partial charge in [-0.3, -0.25) is 9.59 Å². The molecule has 18 heavy (non-hydrogen) atoms. The standard InChI is InChI=1S/C13H14ClNO3/c1-8-7-9(14)3-4-10(8)15-11(16)13(12(17)18)5-2-6-13/h3-4,7H,2,5-6H2,1H3,(H,15,16)(H,17,18). The van der Waals surface area contributed by atoms with Crippen LogP contribution in [0.15, 0.2) is 18.2 Å². The number of carboxylic acid groups (broad SMARTS) is 1. The second-order valence-corrected chi connectivity index (χ2v) is 5.09. The molecule has 1 aliphatic rings. The maximum absolute atomic E-state index is 12.1. The van der Waals surface area contributed by atoms with Crippen LogP contribution in [0.1, 0.15) is 24.8 Å². The Morgan fingerprint density at radius 2 is 2.06 bits per heavy atom. The first-order valence-electron chi connectivity index (χ1n) is 5.77. The van der Waals surface area contributed by atoms with Gasteiger partial charge < -0.3 is 10.4 Å². The van der Waals surface area contributed by atoms with Crippen LogP contribution in [-0.2, 0) is 9.59 Å². The van der Waals surface area contributed by atoms with E-state index in [4.69, 9.17) is 16.7 Å². The molecule has 0 aromatic heterocycles. The van der Waals surface area contributed by atoms with Crippen molar-refractivity contribution in [3.05, 3.63) is 28.8 Å². The number of carboxylic acids is 1. The number of nitrogens with one attached hydrogen (secondary N) is 1. The van der Waals surface area contributed by atoms with Gasteiger partial charge in [-0.05, 0) is 43.5 Å². The Bertz CT molecular complexity index is 509. The molecular formula is C13H14ClNO3. The highest BCUT2D eigenvalue weighted by atomic mass is 35.5. The van der Waals surface area contributed by atoms with Crippen LogP contribution in [0.2, 0.25) is 5.02 Å². The zero-order chi connectivity index (χ0) is 13.3. The molecule has 1 aromatic carbocycles. The molecule has 1 aliphatic carbocycles. The number of hydrogen-bond acceptors (Lipinski definition) is 2. The van der Waals surface area contributed by atoms with Gasteiger partial charge in [0, 0.05) is 10.7 Å². The first-order valence-corrected chi connectivity index (χ1v) is 6.14. The fourth-order valence-electron chi connectivity index (χ4n) is 2.08. The molecule has 0 unspecified atom stereocenters. The lowest BCUT2D eigenvalue weighted by molar-refractivity contribution is -0.159. The third-order valence-corrected chi connectivity index (χ3v) is 3.72. The first-order chi connectivity index (χ1) is 8.45. The zero-order valence-electron chi connectivity index (χ0n) is 10.00. The van der Waals surface area contributed by atoms with E-state index in [0.29, 0.717) is 23.6 Å². The van der Waals surface area contributed by atoms with Crippen molar-refractivity contribution in [2.75, 3.05) is 5.32 Å². The van der Waals surface area contributed by atoms with Crippen molar-refractivity contribution in [3.63, 3.8) is 0 Å². The number of carbonyl (C=O) groups is 2. The van der Waals surface area contributed by atoms with Gasteiger partial charge in [0.05, 0.1) is 0 Å². The molecule has 0 atom stereocenters. The molecule has 1 fully saturated rings. The second-order valence-electron chi connectivity index (χ2n) is 4.65. The van der Waals surface area contributed by atoms with Gasteiger partial charge in [0.25, 0.3) is 0 Å². The third-order valence-electron chi connectivity index (χ3n) is 3.49. The van der Waals surface area contributed by atoms with E-state index in [1.807, 2.05) is 6.92 Å². The van der Waals surface area contributed by atoms with Crippen molar-refractivity contribution in [1.82, 2.24) is 0 Å². The Labute approximate surface area is 110 Å². The molecule has 1 aromatic rings. The zero-order valence-corrected chi connectivity index (χ0v) is 10.8. The normalized spacial score (nSPS) is 16.8. The number of anilines is 1. The number of benzene rings is 1. The molecule has 0 saturated heterocycles. The minimum Gasteiger partial charge on any atom is -0.480 e. The molecule has 0 bridgehead atoms. The van der Waals surface area contributed by atoms with Crippen LogP contribution in [0.25, 0.3) is 0 Å². The van der Waals surface area contributed by atoms with E-state index in [9.17, 15) is 9.59 Å². The van der Waals surface area contributed by atoms with E-state index >= 15 is 0 Å². The van der Waals surface area contributed by atoms with Crippen LogP contribution in [0.3, 0.4) is 0 Å². The minimum atomic E-state index is -1.24. The van der Waals surface area contributed by atoms with Gasteiger partial charge in [0.2, 0.25) is 5.91 Å². The molecular weight excluding hydrogens is 254 g/mol. The van der Waals surface area contributed by atoms with Crippen LogP contribution in [0.5, 0.6) is 0 Å². The van der Waals surface area contributed by atoms with E-state index in [-0.39, 0.29) is 0 Å². The Kier molecular flexibility index (Phi) is 3.30. The predicted octanol–water partition coefficient (Wildman–Crippen LogP) is 2.84. The third kappa shape index (κ3) is 2.08. The Morgan fingerprint density at radius 1 is 1.39 bits per heavy atom. The number of rotatable bonds is 3. The van der Waals surface area contributed by atoms with Crippen molar-refractivity contribution in [1.29, 1.82) is 0 Å². The summed E-state index contributed by atoms with van der Waals surface area (Å²) >= 11 is 5.83. The van der Waals surface area contributed by atoms with E-state index in [1.54, 1.807) is 18.2 Å². The van der Waals surface area contributed by atoms with E-state index < -0.39 is 17.3 Å². The van der Waals surface area contributed by atoms with Crippen LogP contribution in [0.4, 0.5) is 5.69 Å². The quantitative estimate of drug-likeness (QED) is 0.828. The summed E-state index contributed by atoms with van der Waals surface area (Å²) in [5, 5.41) is 12.4. The van der Waals surface area contributed by atoms with E-state index in [1.165, 1.54) is 0 Å². The maximum atomic E-state index is 12.1. The molecule has 4 nitrogen and oxygen atoms in total. The average Bonchev–Trinajstić information content (AvgIpc) is 2.19. The van der Waals surface area contributed by atoms with Gasteiger partial charge in [0.1, 0.15) is 5.41 Å². The number of aryl methyl sites for hydroxylation is 1. The SMILES string of the molecule is Cc1cc(Cl)ccc1NC(=O)C1(C(=O)O)CCC1. The molecule has 1 amide bonds. The summed E-state index contributed by atoms with van der Waals surface area (Å²) in [5.41, 5.74) is 0.180. The molecule has 0 heterocycles. The molecule has 0 aliphatic heterocycles. The van der Waals surface area contributed by atoms with Gasteiger partial charge in [0.15, 0.2) is 0 Å². The first kappa shape index (κ1) is 12.9. The van der Waals surface area contributed by atoms with Crippen molar-refractivity contribution in [2.45, 2.75) is 26.2 Å². The molecule has 2 N–H and O–H groups in total. The number of amides is 1. The van der Waals surface area contributed by atoms with Crippen molar-refractivity contribution < 1.29 is 14.7 Å². The van der Waals surface area contributed by atoms with Crippen LogP contribution >= 0.6 is 11.6 Å². The van der Waals surface area contributed by atoms with Gasteiger partial charge >= 0.3 is 5.97 Å². The number of hydrogen-bond donors (Lipinski definition) is 2. The second kappa shape index (κ2) is 4.61. The monoisotopic (exact) mass is 267 g/mol. The van der Waals surface area contributed by atoms with Crippen LogP contribution in [-0.4, -0.2) is 17.0 Å². The molecule has 0 radical (unpaired) electrons. The van der Waals surface area contributed by atoms with Crippen molar-refractivity contribution >= 4 is 29.2 Å². The van der Waals surface area contributed by atoms with Crippen molar-refractivity contribution in [2.24, 2.45) is 5.41 Å². The van der Waals surface area contributed by atoms with Gasteiger partial charge in [-0.1, -0.05) is 18.0 Å². The highest BCUT2D eigenvalue weighted by Crippen LogP contribution is 2.42. The summed E-state index contributed by atoms with van der Waals surface area (Å²) in [5.74, 6) is -1.48. The largest absolute Gasteiger partial charge is 0.480 e. The van der Waals surface area contributed by atoms with Gasteiger partial charge in [-0.15, -0.1) is 0 Å². The molecule has 0 spiro atoms. The van der Waals surface area contributed by atoms with Gasteiger partial charge in [-0.2, -0.15) is 0 Å². The summed E-state index contributed by atoms with van der Waals surface area (Å²) in [7, 11) is 0. The highest BCUT2D eigenvalue weighted by Gasteiger charge is 2.51. The highest BCUT2D eigenvalue weighted by molar-refractivity contribution is 6.30. The average molecular weight is 268 g/mol. The lowest BCUT2D eigenvalue weighted by Gasteiger charge is -2.35. The van der Waals surface area contributed by atoms with Crippen molar-refractivity contribution in [3.8, 4) is 0 Å². The lowest BCUT2D eigenvalue weighted by Crippen LogP contribution is -2.48. The Morgan fingerprint density at radius 3 is 2.50 bits per heavy atom. The molecule has 96 valence electrons. The summed E-state index contributed by atoms with van der Waals surface area (Å²) in [6, 6.07) is 5.08. The lowest BCUT2D eigenvalue weighted by atomic mass is 9.68. The maximum Gasteiger partial charge on any atom is 0.319 e. The molecule has 1 saturated carbocycles. The van der Waals surface area contributed by atoms with Gasteiger partial charge in [-0.25, -0.2) is 0 Å². The number of aliphatic carboxylic acids is 1. The summed E-state index contributed by atoms with van der Waals surface area (Å²) < 4.78 is 0. The number of halogens is 1. The molecule has 2 rings (SSSR count). The molecule has 5 heteroatoms. The predicted molar refractivity (Wildman–Crippen MR) is 68.7 cm³/mol. The van der Waals surface area contributed by atoms with E-state index in [2.05, 4.69) is 5.32 Å². The fraction of sp³-hybridized carbons (Fsp3) is 0.385. The number of carbonyl (C=O) groups excluding carboxylic acids is 1. The summed E-state index contributed by atoms with van der Waals surface area (Å²) in [4.78, 5) is 23.3. The Hall–Kier alpha value is -1.55. The summed E-state index contributed by atoms with van der Waals surface area (Å²) in [6.45, 7) is 1.82. The Balaban J connectivity index is 2.19. The summed E-state index contributed by atoms with van der Waals surface area (Å²) in [6.07, 6.45) is 1.58. The topological polar surface area (TPSA) is 66.4 Å². The fourth-order valence-corrected chi connectivity index (χ4v) is 2.30. The smallest absolute Gasteiger partial charge is 0.319 e.